The number of ether oxygens (including phenoxy) is 1. The van der Waals surface area contributed by atoms with E-state index >= 15 is 0 Å². The number of methoxy groups -OCH3 is 1. The first kappa shape index (κ1) is 23.0. The number of amides is 1. The average molecular weight is 485 g/mol. The lowest BCUT2D eigenvalue weighted by molar-refractivity contribution is -0.117. The maximum atomic E-state index is 14.7. The molecule has 1 amide bonds. The van der Waals surface area contributed by atoms with E-state index in [1.165, 1.54) is 0 Å². The normalized spacial score (nSPS) is 22.6. The number of fused-ring (bicyclic) bond motifs is 1. The molecule has 0 aromatic carbocycles. The Hall–Kier alpha value is -3.74. The maximum absolute atomic E-state index is 14.7. The number of rotatable bonds is 7. The van der Waals surface area contributed by atoms with Crippen molar-refractivity contribution >= 4 is 29.0 Å². The summed E-state index contributed by atoms with van der Waals surface area (Å²) in [5.41, 5.74) is 1.97. The molecular weight excluding hydrogens is 455 g/mol. The SMILES string of the molecule is C=CC(=O)N[C@@H]1CN(c2nc(Nc3cn(C4CCN(C)C4)nc3OC)c3ncc(C)n3n2)C[C@H]1F. The van der Waals surface area contributed by atoms with Crippen molar-refractivity contribution in [2.75, 3.05) is 50.6 Å². The number of nitrogens with one attached hydrogen (secondary N) is 2. The second kappa shape index (κ2) is 9.13. The van der Waals surface area contributed by atoms with Gasteiger partial charge in [-0.15, -0.1) is 10.2 Å². The first-order valence-electron chi connectivity index (χ1n) is 11.5. The van der Waals surface area contributed by atoms with Gasteiger partial charge in [-0.05, 0) is 33.0 Å². The van der Waals surface area contributed by atoms with E-state index in [2.05, 4.69) is 49.3 Å². The van der Waals surface area contributed by atoms with Crippen LogP contribution >= 0.6 is 0 Å². The lowest BCUT2D eigenvalue weighted by atomic mass is 10.2. The maximum Gasteiger partial charge on any atom is 0.256 e. The number of likely N-dealkylation sites (N-methyl/N-ethyl adjacent to an activating group) is 1. The number of likely N-dealkylation sites (tertiary alicyclic amines) is 1. The summed E-state index contributed by atoms with van der Waals surface area (Å²) in [6.45, 7) is 7.52. The minimum atomic E-state index is -1.26. The summed E-state index contributed by atoms with van der Waals surface area (Å²) in [5, 5.41) is 15.1. The van der Waals surface area contributed by atoms with E-state index in [1.54, 1.807) is 22.7 Å². The van der Waals surface area contributed by atoms with Crippen molar-refractivity contribution in [2.45, 2.75) is 31.6 Å². The number of aryl methyl sites for hydroxylation is 1. The monoisotopic (exact) mass is 484 g/mol. The van der Waals surface area contributed by atoms with Crippen LogP contribution in [0.4, 0.5) is 21.8 Å². The van der Waals surface area contributed by atoms with Crippen LogP contribution in [0.15, 0.2) is 25.0 Å². The predicted octanol–water partition coefficient (Wildman–Crippen LogP) is 1.09. The van der Waals surface area contributed by atoms with Crippen LogP contribution in [0.3, 0.4) is 0 Å². The van der Waals surface area contributed by atoms with Gasteiger partial charge in [0.25, 0.3) is 5.88 Å². The van der Waals surface area contributed by atoms with Crippen molar-refractivity contribution in [3.63, 3.8) is 0 Å². The third kappa shape index (κ3) is 4.38. The van der Waals surface area contributed by atoms with Crippen LogP contribution in [-0.4, -0.2) is 92.7 Å². The number of imidazole rings is 1. The van der Waals surface area contributed by atoms with Crippen LogP contribution in [-0.2, 0) is 4.79 Å². The Kier molecular flexibility index (Phi) is 6.01. The van der Waals surface area contributed by atoms with Crippen LogP contribution < -0.4 is 20.3 Å². The average Bonchev–Trinajstić information content (AvgIpc) is 3.62. The van der Waals surface area contributed by atoms with Gasteiger partial charge in [0, 0.05) is 13.1 Å². The van der Waals surface area contributed by atoms with Crippen LogP contribution in [0.2, 0.25) is 0 Å². The highest BCUT2D eigenvalue weighted by Gasteiger charge is 2.35. The van der Waals surface area contributed by atoms with E-state index in [-0.39, 0.29) is 19.1 Å². The van der Waals surface area contributed by atoms with E-state index < -0.39 is 18.1 Å². The second-order valence-electron chi connectivity index (χ2n) is 9.00. The minimum Gasteiger partial charge on any atom is -0.478 e. The minimum absolute atomic E-state index is 0.0528. The van der Waals surface area contributed by atoms with Gasteiger partial charge in [-0.25, -0.2) is 13.9 Å². The van der Waals surface area contributed by atoms with Gasteiger partial charge in [0.2, 0.25) is 11.9 Å². The molecule has 0 bridgehead atoms. The Balaban J connectivity index is 1.46. The smallest absolute Gasteiger partial charge is 0.256 e. The van der Waals surface area contributed by atoms with Gasteiger partial charge >= 0.3 is 0 Å². The number of carbonyl (C=O) groups is 1. The number of alkyl halides is 1. The summed E-state index contributed by atoms with van der Waals surface area (Å²) in [6.07, 6.45) is 4.48. The fraction of sp³-hybridized carbons (Fsp3) is 0.500. The van der Waals surface area contributed by atoms with Crippen LogP contribution in [0.25, 0.3) is 5.65 Å². The molecule has 1 unspecified atom stereocenters. The zero-order valence-corrected chi connectivity index (χ0v) is 20.0. The molecule has 35 heavy (non-hydrogen) atoms. The highest BCUT2D eigenvalue weighted by atomic mass is 19.1. The number of anilines is 3. The molecule has 2 aliphatic heterocycles. The van der Waals surface area contributed by atoms with Crippen LogP contribution in [0.5, 0.6) is 5.88 Å². The lowest BCUT2D eigenvalue weighted by Gasteiger charge is -2.17. The summed E-state index contributed by atoms with van der Waals surface area (Å²) < 4.78 is 23.8. The Morgan fingerprint density at radius 3 is 2.86 bits per heavy atom. The molecule has 3 aromatic heterocycles. The zero-order chi connectivity index (χ0) is 24.7. The van der Waals surface area contributed by atoms with E-state index in [9.17, 15) is 9.18 Å². The number of hydrogen-bond donors (Lipinski definition) is 2. The first-order chi connectivity index (χ1) is 16.9. The Morgan fingerprint density at radius 1 is 1.31 bits per heavy atom. The van der Waals surface area contributed by atoms with Crippen molar-refractivity contribution < 1.29 is 13.9 Å². The first-order valence-corrected chi connectivity index (χ1v) is 11.5. The summed E-state index contributed by atoms with van der Waals surface area (Å²) in [7, 11) is 3.66. The van der Waals surface area contributed by atoms with Crippen molar-refractivity contribution in [3.05, 3.63) is 30.7 Å². The van der Waals surface area contributed by atoms with Gasteiger partial charge in [0.05, 0.1) is 43.8 Å². The Labute approximate surface area is 201 Å². The lowest BCUT2D eigenvalue weighted by Crippen LogP contribution is -2.40. The highest BCUT2D eigenvalue weighted by molar-refractivity contribution is 5.87. The fourth-order valence-electron chi connectivity index (χ4n) is 4.56. The van der Waals surface area contributed by atoms with Crippen molar-refractivity contribution in [1.82, 2.24) is 39.6 Å². The van der Waals surface area contributed by atoms with Gasteiger partial charge in [0.1, 0.15) is 11.9 Å². The molecule has 0 radical (unpaired) electrons. The molecule has 2 aliphatic rings. The van der Waals surface area contributed by atoms with Crippen LogP contribution in [0.1, 0.15) is 18.2 Å². The highest BCUT2D eigenvalue weighted by Crippen LogP contribution is 2.31. The largest absolute Gasteiger partial charge is 0.478 e. The molecule has 5 heterocycles. The quantitative estimate of drug-likeness (QED) is 0.475. The summed E-state index contributed by atoms with van der Waals surface area (Å²) in [6, 6.07) is -0.421. The number of nitrogens with zero attached hydrogens (tertiary/aromatic N) is 8. The fourth-order valence-corrected chi connectivity index (χ4v) is 4.56. The number of hydrogen-bond acceptors (Lipinski definition) is 9. The van der Waals surface area contributed by atoms with Crippen molar-refractivity contribution in [2.24, 2.45) is 0 Å². The molecule has 3 aromatic rings. The summed E-state index contributed by atoms with van der Waals surface area (Å²) >= 11 is 0. The molecule has 5 rings (SSSR count). The topological polar surface area (TPSA) is 118 Å². The summed E-state index contributed by atoms with van der Waals surface area (Å²) in [5.74, 6) is 0.793. The third-order valence-electron chi connectivity index (χ3n) is 6.45. The Morgan fingerprint density at radius 2 is 2.14 bits per heavy atom. The number of aromatic nitrogens is 6. The predicted molar refractivity (Wildman–Crippen MR) is 128 cm³/mol. The van der Waals surface area contributed by atoms with Gasteiger partial charge in [-0.2, -0.15) is 4.98 Å². The molecule has 0 spiro atoms. The van der Waals surface area contributed by atoms with E-state index in [0.717, 1.165) is 31.3 Å². The van der Waals surface area contributed by atoms with Gasteiger partial charge in [0.15, 0.2) is 11.5 Å². The van der Waals surface area contributed by atoms with Crippen LogP contribution in [0, 0.1) is 6.92 Å². The van der Waals surface area contributed by atoms with E-state index in [0.29, 0.717) is 29.0 Å². The molecule has 2 fully saturated rings. The molecule has 2 N–H and O–H groups in total. The zero-order valence-electron chi connectivity index (χ0n) is 20.0. The third-order valence-corrected chi connectivity index (χ3v) is 6.45. The molecule has 12 nitrogen and oxygen atoms in total. The van der Waals surface area contributed by atoms with Gasteiger partial charge < -0.3 is 25.2 Å². The molecule has 13 heteroatoms. The van der Waals surface area contributed by atoms with Gasteiger partial charge in [-0.1, -0.05) is 6.58 Å². The second-order valence-corrected chi connectivity index (χ2v) is 9.00. The molecular formula is C22H29FN10O2. The van der Waals surface area contributed by atoms with Crippen molar-refractivity contribution in [3.8, 4) is 5.88 Å². The molecule has 0 aliphatic carbocycles. The molecule has 2 saturated heterocycles. The van der Waals surface area contributed by atoms with Crippen molar-refractivity contribution in [1.29, 1.82) is 0 Å². The molecule has 0 saturated carbocycles. The number of halogens is 1. The van der Waals surface area contributed by atoms with E-state index in [4.69, 9.17) is 4.74 Å². The van der Waals surface area contributed by atoms with E-state index in [1.807, 2.05) is 17.8 Å². The Bertz CT molecular complexity index is 1260. The standard InChI is InChI=1S/C22H29FN10O2/c1-5-18(34)25-16-11-31(10-15(16)23)22-27-19(20-24-8-13(2)33(20)29-22)26-17-12-32(28-21(17)35-4)14-6-7-30(3)9-14/h5,8,12,14-16H,1,6-7,9-11H2,2-4H3,(H,25,34)(H,26,27,29)/t14?,15-,16-/m1/s1. The molecule has 3 atom stereocenters. The summed E-state index contributed by atoms with van der Waals surface area (Å²) in [4.78, 5) is 24.8. The number of carbonyl (C=O) groups excluding carboxylic acids is 1. The van der Waals surface area contributed by atoms with Gasteiger partial charge in [-0.3, -0.25) is 9.48 Å². The molecule has 186 valence electrons.